The normalized spacial score (nSPS) is 10.7. The van der Waals surface area contributed by atoms with Crippen molar-refractivity contribution in [2.24, 2.45) is 0 Å². The van der Waals surface area contributed by atoms with Crippen LogP contribution in [0.5, 0.6) is 5.75 Å². The van der Waals surface area contributed by atoms with Crippen LogP contribution in [0.1, 0.15) is 12.0 Å². The second kappa shape index (κ2) is 7.85. The van der Waals surface area contributed by atoms with Crippen LogP contribution in [0.2, 0.25) is 0 Å². The van der Waals surface area contributed by atoms with Gasteiger partial charge < -0.3 is 10.1 Å². The Labute approximate surface area is 151 Å². The fraction of sp³-hybridized carbons (Fsp3) is 0.176. The number of halogens is 3. The molecule has 10 heteroatoms. The van der Waals surface area contributed by atoms with E-state index >= 15 is 0 Å². The van der Waals surface area contributed by atoms with E-state index in [-0.39, 0.29) is 24.2 Å². The standard InChI is InChI=1S/C17H14F3N5O2/c1-27-16-15(10-4-5-21-22-8-10)24-25-17(16)23-13(26)3-2-9-6-11(18)14(20)12(19)7-9/h4-8H,2-3H2,1H3,(H2,23,24,25,26). The summed E-state index contributed by atoms with van der Waals surface area (Å²) in [5.41, 5.74) is 1.33. The number of carbonyl (C=O) groups is 1. The van der Waals surface area contributed by atoms with Crippen LogP contribution in [0.25, 0.3) is 11.3 Å². The highest BCUT2D eigenvalue weighted by Crippen LogP contribution is 2.33. The van der Waals surface area contributed by atoms with Crippen molar-refractivity contribution in [3.63, 3.8) is 0 Å². The highest BCUT2D eigenvalue weighted by Gasteiger charge is 2.18. The number of nitrogens with one attached hydrogen (secondary N) is 2. The van der Waals surface area contributed by atoms with Gasteiger partial charge in [0.25, 0.3) is 0 Å². The van der Waals surface area contributed by atoms with Crippen molar-refractivity contribution in [2.45, 2.75) is 12.8 Å². The number of nitrogens with zero attached hydrogens (tertiary/aromatic N) is 3. The second-order valence-electron chi connectivity index (χ2n) is 5.53. The van der Waals surface area contributed by atoms with Crippen LogP contribution < -0.4 is 10.1 Å². The lowest BCUT2D eigenvalue weighted by Gasteiger charge is -2.06. The quantitative estimate of drug-likeness (QED) is 0.645. The zero-order chi connectivity index (χ0) is 19.4. The SMILES string of the molecule is COc1c(NC(=O)CCc2cc(F)c(F)c(F)c2)n[nH]c1-c1ccnnc1. The Morgan fingerprint density at radius 2 is 1.96 bits per heavy atom. The number of aryl methyl sites for hydroxylation is 1. The summed E-state index contributed by atoms with van der Waals surface area (Å²) in [6, 6.07) is 3.40. The van der Waals surface area contributed by atoms with Gasteiger partial charge in [0.2, 0.25) is 5.91 Å². The smallest absolute Gasteiger partial charge is 0.226 e. The predicted octanol–water partition coefficient (Wildman–Crippen LogP) is 2.86. The maximum absolute atomic E-state index is 13.2. The lowest BCUT2D eigenvalue weighted by Crippen LogP contribution is -2.13. The van der Waals surface area contributed by atoms with Gasteiger partial charge in [-0.25, -0.2) is 13.2 Å². The summed E-state index contributed by atoms with van der Waals surface area (Å²) in [5.74, 6) is -4.13. The molecule has 2 heterocycles. The van der Waals surface area contributed by atoms with Gasteiger partial charge in [0.05, 0.1) is 19.5 Å². The number of hydrogen-bond acceptors (Lipinski definition) is 5. The molecule has 7 nitrogen and oxygen atoms in total. The Morgan fingerprint density at radius 1 is 1.22 bits per heavy atom. The van der Waals surface area contributed by atoms with E-state index in [4.69, 9.17) is 4.74 Å². The fourth-order valence-corrected chi connectivity index (χ4v) is 2.45. The first-order chi connectivity index (χ1) is 13.0. The summed E-state index contributed by atoms with van der Waals surface area (Å²) in [5, 5.41) is 16.7. The summed E-state index contributed by atoms with van der Waals surface area (Å²) in [6.45, 7) is 0. The summed E-state index contributed by atoms with van der Waals surface area (Å²) in [4.78, 5) is 12.1. The highest BCUT2D eigenvalue weighted by molar-refractivity contribution is 5.92. The molecule has 0 spiro atoms. The summed E-state index contributed by atoms with van der Waals surface area (Å²) in [6.07, 6.45) is 2.93. The van der Waals surface area contributed by atoms with Gasteiger partial charge >= 0.3 is 0 Å². The zero-order valence-corrected chi connectivity index (χ0v) is 14.1. The van der Waals surface area contributed by atoms with Gasteiger partial charge in [0, 0.05) is 12.0 Å². The number of benzene rings is 1. The maximum atomic E-state index is 13.2. The van der Waals surface area contributed by atoms with Gasteiger partial charge in [0.15, 0.2) is 29.0 Å². The van der Waals surface area contributed by atoms with Crippen molar-refractivity contribution in [3.8, 4) is 17.0 Å². The molecule has 0 atom stereocenters. The average molecular weight is 377 g/mol. The molecular weight excluding hydrogens is 363 g/mol. The minimum Gasteiger partial charge on any atom is -0.491 e. The Hall–Kier alpha value is -3.43. The molecule has 0 aliphatic heterocycles. The van der Waals surface area contributed by atoms with Crippen LogP contribution >= 0.6 is 0 Å². The number of methoxy groups -OCH3 is 1. The van der Waals surface area contributed by atoms with Gasteiger partial charge in [-0.2, -0.15) is 15.3 Å². The molecule has 0 unspecified atom stereocenters. The third-order valence-corrected chi connectivity index (χ3v) is 3.74. The van der Waals surface area contributed by atoms with Gasteiger partial charge in [-0.3, -0.25) is 9.89 Å². The first-order valence-corrected chi connectivity index (χ1v) is 7.82. The Bertz CT molecular complexity index is 939. The molecule has 140 valence electrons. The Balaban J connectivity index is 1.69. The largest absolute Gasteiger partial charge is 0.491 e. The molecular formula is C17H14F3N5O2. The predicted molar refractivity (Wildman–Crippen MR) is 89.4 cm³/mol. The molecule has 2 aromatic heterocycles. The van der Waals surface area contributed by atoms with Crippen LogP contribution in [0.4, 0.5) is 19.0 Å². The summed E-state index contributed by atoms with van der Waals surface area (Å²) >= 11 is 0. The number of anilines is 1. The molecule has 0 saturated carbocycles. The molecule has 1 amide bonds. The third kappa shape index (κ3) is 4.05. The number of hydrogen-bond donors (Lipinski definition) is 2. The van der Waals surface area contributed by atoms with Crippen molar-refractivity contribution in [2.75, 3.05) is 12.4 Å². The van der Waals surface area contributed by atoms with E-state index in [1.807, 2.05) is 0 Å². The van der Waals surface area contributed by atoms with E-state index in [2.05, 4.69) is 25.7 Å². The van der Waals surface area contributed by atoms with Crippen LogP contribution in [0.3, 0.4) is 0 Å². The minimum atomic E-state index is -1.54. The third-order valence-electron chi connectivity index (χ3n) is 3.74. The number of H-pyrrole nitrogens is 1. The van der Waals surface area contributed by atoms with E-state index in [0.717, 1.165) is 12.1 Å². The summed E-state index contributed by atoms with van der Waals surface area (Å²) in [7, 11) is 1.42. The lowest BCUT2D eigenvalue weighted by molar-refractivity contribution is -0.116. The first-order valence-electron chi connectivity index (χ1n) is 7.82. The highest BCUT2D eigenvalue weighted by atomic mass is 19.2. The van der Waals surface area contributed by atoms with Gasteiger partial charge in [-0.1, -0.05) is 0 Å². The Kier molecular flexibility index (Phi) is 5.34. The molecule has 0 aliphatic carbocycles. The van der Waals surface area contributed by atoms with Gasteiger partial charge in [0.1, 0.15) is 5.69 Å². The second-order valence-corrected chi connectivity index (χ2v) is 5.53. The molecule has 2 N–H and O–H groups in total. The monoisotopic (exact) mass is 377 g/mol. The zero-order valence-electron chi connectivity index (χ0n) is 14.1. The van der Waals surface area contributed by atoms with Crippen molar-refractivity contribution < 1.29 is 22.7 Å². The van der Waals surface area contributed by atoms with Crippen LogP contribution in [0.15, 0.2) is 30.6 Å². The number of aromatic amines is 1. The van der Waals surface area contributed by atoms with E-state index in [1.165, 1.54) is 19.5 Å². The molecule has 0 radical (unpaired) electrons. The molecule has 3 aromatic rings. The minimum absolute atomic E-state index is 0.0217. The van der Waals surface area contributed by atoms with Crippen LogP contribution in [-0.4, -0.2) is 33.4 Å². The summed E-state index contributed by atoms with van der Waals surface area (Å²) < 4.78 is 44.7. The molecule has 27 heavy (non-hydrogen) atoms. The number of aromatic nitrogens is 4. The molecule has 3 rings (SSSR count). The van der Waals surface area contributed by atoms with Crippen molar-refractivity contribution in [3.05, 3.63) is 53.6 Å². The van der Waals surface area contributed by atoms with E-state index in [9.17, 15) is 18.0 Å². The average Bonchev–Trinajstić information content (AvgIpc) is 3.07. The number of ether oxygens (including phenoxy) is 1. The topological polar surface area (TPSA) is 92.8 Å². The molecule has 0 bridgehead atoms. The van der Waals surface area contributed by atoms with Crippen LogP contribution in [-0.2, 0) is 11.2 Å². The molecule has 0 saturated heterocycles. The first kappa shape index (κ1) is 18.4. The number of amides is 1. The number of carbonyl (C=O) groups excluding carboxylic acids is 1. The van der Waals surface area contributed by atoms with Gasteiger partial charge in [-0.05, 0) is 30.2 Å². The van der Waals surface area contributed by atoms with E-state index < -0.39 is 23.4 Å². The Morgan fingerprint density at radius 3 is 2.59 bits per heavy atom. The van der Waals surface area contributed by atoms with Crippen molar-refractivity contribution >= 4 is 11.7 Å². The molecule has 0 aliphatic rings. The number of rotatable bonds is 6. The molecule has 0 fully saturated rings. The van der Waals surface area contributed by atoms with E-state index in [0.29, 0.717) is 17.0 Å². The lowest BCUT2D eigenvalue weighted by atomic mass is 10.1. The van der Waals surface area contributed by atoms with E-state index in [1.54, 1.807) is 6.07 Å². The maximum Gasteiger partial charge on any atom is 0.226 e. The van der Waals surface area contributed by atoms with Crippen molar-refractivity contribution in [1.82, 2.24) is 20.4 Å². The fourth-order valence-electron chi connectivity index (χ4n) is 2.45. The van der Waals surface area contributed by atoms with Gasteiger partial charge in [-0.15, -0.1) is 0 Å². The van der Waals surface area contributed by atoms with Crippen molar-refractivity contribution in [1.29, 1.82) is 0 Å². The van der Waals surface area contributed by atoms with Crippen LogP contribution in [0, 0.1) is 17.5 Å². The molecule has 1 aromatic carbocycles.